The summed E-state index contributed by atoms with van der Waals surface area (Å²) >= 11 is 0. The van der Waals surface area contributed by atoms with Crippen LogP contribution in [0.3, 0.4) is 0 Å². The van der Waals surface area contributed by atoms with Crippen LogP contribution in [0.1, 0.15) is 43.0 Å². The lowest BCUT2D eigenvalue weighted by atomic mass is 9.88. The first-order valence-corrected chi connectivity index (χ1v) is 7.90. The van der Waals surface area contributed by atoms with Gasteiger partial charge in [0.25, 0.3) is 0 Å². The number of hydrogen-bond donors (Lipinski definition) is 1. The quantitative estimate of drug-likeness (QED) is 0.927. The first-order valence-electron chi connectivity index (χ1n) is 7.90. The SMILES string of the molecule is CC(C)(C)c1cncc(CNc2ccc3c(c2)CCOC3)c1. The van der Waals surface area contributed by atoms with Crippen LogP contribution in [0.4, 0.5) is 5.69 Å². The fraction of sp³-hybridized carbons (Fsp3) is 0.421. The molecule has 1 aliphatic rings. The van der Waals surface area contributed by atoms with E-state index in [0.29, 0.717) is 0 Å². The maximum atomic E-state index is 5.48. The van der Waals surface area contributed by atoms with Crippen LogP contribution < -0.4 is 5.32 Å². The number of pyridine rings is 1. The lowest BCUT2D eigenvalue weighted by molar-refractivity contribution is 0.111. The second-order valence-corrected chi connectivity index (χ2v) is 6.97. The molecular formula is C19H24N2O. The third-order valence-corrected chi connectivity index (χ3v) is 4.14. The average molecular weight is 296 g/mol. The lowest BCUT2D eigenvalue weighted by Gasteiger charge is -2.20. The Labute approximate surface area is 132 Å². The molecule has 2 heterocycles. The standard InChI is InChI=1S/C19H24N2O/c1-19(2,3)17-8-14(10-20-12-17)11-21-18-5-4-16-13-22-7-6-15(16)9-18/h4-5,8-10,12,21H,6-7,11,13H2,1-3H3. The van der Waals surface area contributed by atoms with Gasteiger partial charge in [-0.15, -0.1) is 0 Å². The molecule has 3 heteroatoms. The van der Waals surface area contributed by atoms with Gasteiger partial charge in [0, 0.05) is 24.6 Å². The first kappa shape index (κ1) is 15.0. The van der Waals surface area contributed by atoms with Crippen molar-refractivity contribution in [2.75, 3.05) is 11.9 Å². The Kier molecular flexibility index (Phi) is 4.16. The minimum atomic E-state index is 0.134. The predicted molar refractivity (Wildman–Crippen MR) is 90.1 cm³/mol. The van der Waals surface area contributed by atoms with Gasteiger partial charge in [0.05, 0.1) is 13.2 Å². The topological polar surface area (TPSA) is 34.2 Å². The van der Waals surface area contributed by atoms with E-state index in [2.05, 4.69) is 55.3 Å². The van der Waals surface area contributed by atoms with Crippen LogP contribution >= 0.6 is 0 Å². The van der Waals surface area contributed by atoms with Crippen molar-refractivity contribution in [1.82, 2.24) is 4.98 Å². The van der Waals surface area contributed by atoms with E-state index in [-0.39, 0.29) is 5.41 Å². The van der Waals surface area contributed by atoms with E-state index in [1.165, 1.54) is 27.9 Å². The molecule has 116 valence electrons. The molecule has 0 fully saturated rings. The minimum Gasteiger partial charge on any atom is -0.381 e. The summed E-state index contributed by atoms with van der Waals surface area (Å²) in [6.45, 7) is 9.01. The number of ether oxygens (including phenoxy) is 1. The minimum absolute atomic E-state index is 0.134. The van der Waals surface area contributed by atoms with E-state index in [1.807, 2.05) is 12.4 Å². The van der Waals surface area contributed by atoms with Crippen LogP contribution in [0.2, 0.25) is 0 Å². The van der Waals surface area contributed by atoms with E-state index in [4.69, 9.17) is 4.74 Å². The van der Waals surface area contributed by atoms with Gasteiger partial charge in [0.1, 0.15) is 0 Å². The van der Waals surface area contributed by atoms with Crippen molar-refractivity contribution in [2.24, 2.45) is 0 Å². The molecule has 1 aromatic carbocycles. The summed E-state index contributed by atoms with van der Waals surface area (Å²) in [5.74, 6) is 0. The fourth-order valence-corrected chi connectivity index (χ4v) is 2.67. The third kappa shape index (κ3) is 3.47. The summed E-state index contributed by atoms with van der Waals surface area (Å²) in [6, 6.07) is 8.79. The molecule has 0 unspecified atom stereocenters. The average Bonchev–Trinajstić information content (AvgIpc) is 2.52. The highest BCUT2D eigenvalue weighted by Crippen LogP contribution is 2.23. The molecule has 2 aromatic rings. The zero-order valence-corrected chi connectivity index (χ0v) is 13.6. The van der Waals surface area contributed by atoms with Crippen LogP contribution in [0.15, 0.2) is 36.7 Å². The van der Waals surface area contributed by atoms with E-state index < -0.39 is 0 Å². The smallest absolute Gasteiger partial charge is 0.0719 e. The summed E-state index contributed by atoms with van der Waals surface area (Å²) < 4.78 is 5.48. The lowest BCUT2D eigenvalue weighted by Crippen LogP contribution is -2.13. The predicted octanol–water partition coefficient (Wildman–Crippen LogP) is 4.06. The molecule has 1 N–H and O–H groups in total. The Hall–Kier alpha value is -1.87. The van der Waals surface area contributed by atoms with Gasteiger partial charge in [-0.25, -0.2) is 0 Å². The van der Waals surface area contributed by atoms with Crippen molar-refractivity contribution in [3.05, 3.63) is 58.9 Å². The van der Waals surface area contributed by atoms with Crippen molar-refractivity contribution in [3.63, 3.8) is 0 Å². The monoisotopic (exact) mass is 296 g/mol. The zero-order valence-electron chi connectivity index (χ0n) is 13.6. The van der Waals surface area contributed by atoms with Crippen molar-refractivity contribution in [3.8, 4) is 0 Å². The number of aromatic nitrogens is 1. The molecule has 3 nitrogen and oxygen atoms in total. The number of anilines is 1. The van der Waals surface area contributed by atoms with Crippen LogP contribution in [-0.2, 0) is 29.7 Å². The van der Waals surface area contributed by atoms with E-state index in [0.717, 1.165) is 26.2 Å². The van der Waals surface area contributed by atoms with Gasteiger partial charge in [-0.1, -0.05) is 32.9 Å². The molecule has 22 heavy (non-hydrogen) atoms. The highest BCUT2D eigenvalue weighted by atomic mass is 16.5. The molecule has 0 atom stereocenters. The Balaban J connectivity index is 1.70. The van der Waals surface area contributed by atoms with E-state index in [9.17, 15) is 0 Å². The number of benzene rings is 1. The molecule has 1 aromatic heterocycles. The van der Waals surface area contributed by atoms with Crippen molar-refractivity contribution in [1.29, 1.82) is 0 Å². The Morgan fingerprint density at radius 3 is 2.82 bits per heavy atom. The largest absolute Gasteiger partial charge is 0.381 e. The number of fused-ring (bicyclic) bond motifs is 1. The Morgan fingerprint density at radius 2 is 2.00 bits per heavy atom. The molecule has 0 amide bonds. The van der Waals surface area contributed by atoms with Crippen LogP contribution in [0.25, 0.3) is 0 Å². The molecule has 1 aliphatic heterocycles. The molecule has 0 saturated carbocycles. The van der Waals surface area contributed by atoms with Gasteiger partial charge in [0.2, 0.25) is 0 Å². The van der Waals surface area contributed by atoms with Crippen molar-refractivity contribution in [2.45, 2.75) is 45.8 Å². The summed E-state index contributed by atoms with van der Waals surface area (Å²) in [5.41, 5.74) is 6.50. The van der Waals surface area contributed by atoms with Gasteiger partial charge in [-0.05, 0) is 46.2 Å². The highest BCUT2D eigenvalue weighted by molar-refractivity contribution is 5.49. The van der Waals surface area contributed by atoms with Gasteiger partial charge in [-0.3, -0.25) is 4.98 Å². The maximum Gasteiger partial charge on any atom is 0.0719 e. The summed E-state index contributed by atoms with van der Waals surface area (Å²) in [5, 5.41) is 3.51. The number of nitrogens with one attached hydrogen (secondary N) is 1. The molecule has 0 aliphatic carbocycles. The van der Waals surface area contributed by atoms with Gasteiger partial charge in [0.15, 0.2) is 0 Å². The molecule has 0 bridgehead atoms. The summed E-state index contributed by atoms with van der Waals surface area (Å²) in [6.07, 6.45) is 4.91. The van der Waals surface area contributed by atoms with E-state index >= 15 is 0 Å². The number of hydrogen-bond acceptors (Lipinski definition) is 3. The normalized spacial score (nSPS) is 14.5. The molecular weight excluding hydrogens is 272 g/mol. The number of rotatable bonds is 3. The molecule has 0 spiro atoms. The Morgan fingerprint density at radius 1 is 1.14 bits per heavy atom. The fourth-order valence-electron chi connectivity index (χ4n) is 2.67. The first-order chi connectivity index (χ1) is 10.5. The summed E-state index contributed by atoms with van der Waals surface area (Å²) in [7, 11) is 0. The van der Waals surface area contributed by atoms with Gasteiger partial charge in [-0.2, -0.15) is 0 Å². The Bertz CT molecular complexity index is 659. The van der Waals surface area contributed by atoms with Gasteiger partial charge >= 0.3 is 0 Å². The van der Waals surface area contributed by atoms with Gasteiger partial charge < -0.3 is 10.1 Å². The second-order valence-electron chi connectivity index (χ2n) is 6.97. The van der Waals surface area contributed by atoms with Crippen molar-refractivity contribution < 1.29 is 4.74 Å². The van der Waals surface area contributed by atoms with E-state index in [1.54, 1.807) is 0 Å². The van der Waals surface area contributed by atoms with Crippen LogP contribution in [0.5, 0.6) is 0 Å². The van der Waals surface area contributed by atoms with Crippen molar-refractivity contribution >= 4 is 5.69 Å². The molecule has 3 rings (SSSR count). The number of nitrogens with zero attached hydrogens (tertiary/aromatic N) is 1. The maximum absolute atomic E-state index is 5.48. The zero-order chi connectivity index (χ0) is 15.6. The van der Waals surface area contributed by atoms with Crippen LogP contribution in [0, 0.1) is 0 Å². The second kappa shape index (κ2) is 6.09. The molecule has 0 saturated heterocycles. The highest BCUT2D eigenvalue weighted by Gasteiger charge is 2.14. The molecule has 0 radical (unpaired) electrons. The van der Waals surface area contributed by atoms with Crippen LogP contribution in [-0.4, -0.2) is 11.6 Å². The third-order valence-electron chi connectivity index (χ3n) is 4.14. The summed E-state index contributed by atoms with van der Waals surface area (Å²) in [4.78, 5) is 4.38.